The van der Waals surface area contributed by atoms with Gasteiger partial charge in [-0.15, -0.1) is 23.5 Å². The van der Waals surface area contributed by atoms with Crippen LogP contribution in [-0.2, 0) is 0 Å². The zero-order valence-electron chi connectivity index (χ0n) is 17.6. The van der Waals surface area contributed by atoms with Gasteiger partial charge in [0.05, 0.1) is 0 Å². The number of aromatic nitrogens is 4. The number of nitrogens with zero attached hydrogens (tertiary/aromatic N) is 4. The van der Waals surface area contributed by atoms with Gasteiger partial charge in [-0.3, -0.25) is 0 Å². The summed E-state index contributed by atoms with van der Waals surface area (Å²) in [6.07, 6.45) is 12.4. The van der Waals surface area contributed by atoms with Crippen LogP contribution in [0.2, 0.25) is 0 Å². The maximum Gasteiger partial charge on any atom is 0.188 e. The molecule has 0 aliphatic heterocycles. The molecule has 1 aromatic carbocycles. The lowest BCUT2D eigenvalue weighted by molar-refractivity contribution is 0.337. The van der Waals surface area contributed by atoms with Crippen molar-refractivity contribution in [1.29, 1.82) is 0 Å². The molecule has 4 rings (SSSR count). The largest absolute Gasteiger partial charge is 0.231 e. The summed E-state index contributed by atoms with van der Waals surface area (Å²) in [6.45, 7) is 0. The minimum absolute atomic E-state index is 0.553. The van der Waals surface area contributed by atoms with E-state index >= 15 is 0 Å². The third kappa shape index (κ3) is 6.15. The van der Waals surface area contributed by atoms with E-state index in [0.29, 0.717) is 11.8 Å². The predicted molar refractivity (Wildman–Crippen MR) is 132 cm³/mol. The van der Waals surface area contributed by atoms with Crippen molar-refractivity contribution in [2.24, 2.45) is 0 Å². The van der Waals surface area contributed by atoms with Crippen molar-refractivity contribution in [1.82, 2.24) is 19.9 Å². The number of benzene rings is 1. The molecule has 30 heavy (non-hydrogen) atoms. The van der Waals surface area contributed by atoms with Gasteiger partial charge in [0.25, 0.3) is 0 Å². The van der Waals surface area contributed by atoms with Gasteiger partial charge in [-0.05, 0) is 61.5 Å². The molecule has 0 bridgehead atoms. The van der Waals surface area contributed by atoms with E-state index in [9.17, 15) is 0 Å². The molecule has 0 amide bonds. The van der Waals surface area contributed by atoms with Gasteiger partial charge in [0, 0.05) is 17.8 Å². The van der Waals surface area contributed by atoms with Crippen LogP contribution in [-0.4, -0.2) is 45.0 Å². The fraction of sp³-hybridized carbons (Fsp3) is 0.364. The van der Waals surface area contributed by atoms with Gasteiger partial charge in [0.1, 0.15) is 10.1 Å². The number of rotatable bonds is 6. The molecule has 2 aromatic heterocycles. The van der Waals surface area contributed by atoms with Crippen LogP contribution in [0.4, 0.5) is 0 Å². The summed E-state index contributed by atoms with van der Waals surface area (Å²) in [4.78, 5) is 17.5. The number of hydrogen-bond acceptors (Lipinski definition) is 8. The minimum Gasteiger partial charge on any atom is -0.231 e. The molecule has 3 aromatic rings. The van der Waals surface area contributed by atoms with Crippen molar-refractivity contribution in [2.45, 2.75) is 45.0 Å². The minimum atomic E-state index is 0.553. The van der Waals surface area contributed by atoms with Crippen molar-refractivity contribution in [3.63, 3.8) is 0 Å². The Morgan fingerprint density at radius 1 is 0.700 bits per heavy atom. The van der Waals surface area contributed by atoms with Gasteiger partial charge in [-0.25, -0.2) is 19.9 Å². The SMILES string of the molecule is CSc1cc(C2CCC2c2ccccc2)nc(SC)n1.CSc1ccnc(SC)n1. The third-order valence-electron chi connectivity index (χ3n) is 4.98. The van der Waals surface area contributed by atoms with E-state index in [2.05, 4.69) is 57.6 Å². The smallest absolute Gasteiger partial charge is 0.188 e. The summed E-state index contributed by atoms with van der Waals surface area (Å²) >= 11 is 6.52. The Morgan fingerprint density at radius 3 is 1.97 bits per heavy atom. The Morgan fingerprint density at radius 2 is 1.37 bits per heavy atom. The summed E-state index contributed by atoms with van der Waals surface area (Å²) in [7, 11) is 0. The second kappa shape index (κ2) is 12.0. The Kier molecular flexibility index (Phi) is 9.36. The van der Waals surface area contributed by atoms with Crippen molar-refractivity contribution < 1.29 is 0 Å². The maximum atomic E-state index is 4.74. The summed E-state index contributed by atoms with van der Waals surface area (Å²) in [5.74, 6) is 1.17. The average molecular weight is 475 g/mol. The monoisotopic (exact) mass is 474 g/mol. The van der Waals surface area contributed by atoms with Crippen LogP contribution in [0.5, 0.6) is 0 Å². The first kappa shape index (κ1) is 23.4. The molecular weight excluding hydrogens is 449 g/mol. The van der Waals surface area contributed by atoms with Gasteiger partial charge in [-0.1, -0.05) is 53.9 Å². The van der Waals surface area contributed by atoms with E-state index in [1.807, 2.05) is 24.8 Å². The first-order chi connectivity index (χ1) is 14.7. The molecule has 1 fully saturated rings. The van der Waals surface area contributed by atoms with Gasteiger partial charge >= 0.3 is 0 Å². The van der Waals surface area contributed by atoms with E-state index in [4.69, 9.17) is 4.98 Å². The zero-order valence-corrected chi connectivity index (χ0v) is 20.9. The quantitative estimate of drug-likeness (QED) is 0.228. The first-order valence-corrected chi connectivity index (χ1v) is 14.5. The fourth-order valence-electron chi connectivity index (χ4n) is 3.30. The molecule has 158 valence electrons. The van der Waals surface area contributed by atoms with Gasteiger partial charge in [0.2, 0.25) is 0 Å². The van der Waals surface area contributed by atoms with Crippen molar-refractivity contribution in [2.75, 3.05) is 25.0 Å². The van der Waals surface area contributed by atoms with Crippen molar-refractivity contribution in [3.05, 3.63) is 59.9 Å². The highest BCUT2D eigenvalue weighted by Crippen LogP contribution is 2.48. The Balaban J connectivity index is 0.000000216. The van der Waals surface area contributed by atoms with Gasteiger partial charge < -0.3 is 0 Å². The highest BCUT2D eigenvalue weighted by atomic mass is 32.2. The first-order valence-electron chi connectivity index (χ1n) is 9.61. The van der Waals surface area contributed by atoms with Crippen LogP contribution in [0.3, 0.4) is 0 Å². The molecule has 0 spiro atoms. The normalized spacial score (nSPS) is 17.6. The summed E-state index contributed by atoms with van der Waals surface area (Å²) in [5, 5.41) is 3.84. The fourth-order valence-corrected chi connectivity index (χ4v) is 4.95. The van der Waals surface area contributed by atoms with Gasteiger partial charge in [-0.2, -0.15) is 0 Å². The van der Waals surface area contributed by atoms with Crippen LogP contribution in [0.1, 0.15) is 35.9 Å². The molecule has 0 radical (unpaired) electrons. The standard InChI is InChI=1S/C16H18N2S2.C6H8N2S2/c1-19-15-10-14(17-16(18-15)20-2)13-9-8-12(13)11-6-4-3-5-7-11;1-9-5-3-4-7-6(8-5)10-2/h3-7,10,12-13H,8-9H2,1-2H3;3-4H,1-2H3. The summed E-state index contributed by atoms with van der Waals surface area (Å²) in [6, 6.07) is 14.9. The van der Waals surface area contributed by atoms with E-state index in [0.717, 1.165) is 20.4 Å². The van der Waals surface area contributed by atoms with E-state index in [1.54, 1.807) is 53.2 Å². The van der Waals surface area contributed by atoms with Crippen LogP contribution in [0, 0.1) is 0 Å². The lowest BCUT2D eigenvalue weighted by Crippen LogP contribution is -2.23. The van der Waals surface area contributed by atoms with Crippen molar-refractivity contribution >= 4 is 47.0 Å². The molecular formula is C22H26N4S4. The molecule has 0 N–H and O–H groups in total. The molecule has 1 aliphatic carbocycles. The molecule has 1 saturated carbocycles. The molecule has 2 heterocycles. The topological polar surface area (TPSA) is 51.6 Å². The lowest BCUT2D eigenvalue weighted by atomic mass is 9.68. The Labute approximate surface area is 196 Å². The van der Waals surface area contributed by atoms with Crippen LogP contribution >= 0.6 is 47.0 Å². The average Bonchev–Trinajstić information content (AvgIpc) is 2.79. The number of hydrogen-bond donors (Lipinski definition) is 0. The van der Waals surface area contributed by atoms with Crippen LogP contribution in [0.25, 0.3) is 0 Å². The lowest BCUT2D eigenvalue weighted by Gasteiger charge is -2.36. The predicted octanol–water partition coefficient (Wildman–Crippen LogP) is 6.50. The Hall–Kier alpha value is -1.22. The molecule has 0 saturated heterocycles. The molecule has 4 nitrogen and oxygen atoms in total. The number of thioether (sulfide) groups is 4. The third-order valence-corrected chi connectivity index (χ3v) is 7.36. The van der Waals surface area contributed by atoms with Crippen LogP contribution < -0.4 is 0 Å². The molecule has 2 atom stereocenters. The molecule has 8 heteroatoms. The molecule has 1 aliphatic rings. The highest BCUT2D eigenvalue weighted by Gasteiger charge is 2.34. The zero-order chi connectivity index (χ0) is 21.3. The maximum absolute atomic E-state index is 4.74. The van der Waals surface area contributed by atoms with Crippen LogP contribution in [0.15, 0.2) is 69.0 Å². The molecule has 2 unspecified atom stereocenters. The Bertz CT molecular complexity index is 898. The van der Waals surface area contributed by atoms with E-state index in [1.165, 1.54) is 24.1 Å². The summed E-state index contributed by atoms with van der Waals surface area (Å²) in [5.41, 5.74) is 2.66. The highest BCUT2D eigenvalue weighted by molar-refractivity contribution is 7.99. The van der Waals surface area contributed by atoms with Crippen molar-refractivity contribution in [3.8, 4) is 0 Å². The van der Waals surface area contributed by atoms with Gasteiger partial charge in [0.15, 0.2) is 10.3 Å². The van der Waals surface area contributed by atoms with E-state index < -0.39 is 0 Å². The second-order valence-corrected chi connectivity index (χ2v) is 9.81. The second-order valence-electron chi connectivity index (χ2n) is 6.61. The van der Waals surface area contributed by atoms with E-state index in [-0.39, 0.29) is 0 Å². The summed E-state index contributed by atoms with van der Waals surface area (Å²) < 4.78 is 0.